The summed E-state index contributed by atoms with van der Waals surface area (Å²) in [5.74, 6) is -1.20. The van der Waals surface area contributed by atoms with E-state index in [1.807, 2.05) is 13.8 Å². The number of ether oxygens (including phenoxy) is 1. The van der Waals surface area contributed by atoms with Gasteiger partial charge in [-0.2, -0.15) is 0 Å². The summed E-state index contributed by atoms with van der Waals surface area (Å²) in [6.45, 7) is 6.29. The Morgan fingerprint density at radius 1 is 1.29 bits per heavy atom. The van der Waals surface area contributed by atoms with Crippen LogP contribution in [0, 0.1) is 5.92 Å². The normalized spacial score (nSPS) is 19.1. The van der Waals surface area contributed by atoms with Crippen molar-refractivity contribution in [3.05, 3.63) is 0 Å². The van der Waals surface area contributed by atoms with Gasteiger partial charge in [-0.25, -0.2) is 4.79 Å². The minimum Gasteiger partial charge on any atom is -0.480 e. The van der Waals surface area contributed by atoms with Gasteiger partial charge in [0.1, 0.15) is 6.04 Å². The Balaban J connectivity index is 2.89. The summed E-state index contributed by atoms with van der Waals surface area (Å²) in [7, 11) is 0. The maximum absolute atomic E-state index is 11.7. The summed E-state index contributed by atoms with van der Waals surface area (Å²) < 4.78 is 5.24. The zero-order chi connectivity index (χ0) is 13.0. The first-order valence-corrected chi connectivity index (χ1v) is 6.04. The monoisotopic (exact) mass is 243 g/mol. The minimum absolute atomic E-state index is 0.00949. The van der Waals surface area contributed by atoms with E-state index in [4.69, 9.17) is 4.74 Å². The molecule has 0 aromatic rings. The Labute approximate surface area is 102 Å². The Bertz CT molecular complexity index is 284. The molecule has 1 fully saturated rings. The largest absolute Gasteiger partial charge is 0.480 e. The summed E-state index contributed by atoms with van der Waals surface area (Å²) in [5.41, 5.74) is 0. The van der Waals surface area contributed by atoms with Crippen molar-refractivity contribution in [3.63, 3.8) is 0 Å². The maximum atomic E-state index is 11.7. The molecule has 1 atom stereocenters. The van der Waals surface area contributed by atoms with Crippen molar-refractivity contribution in [3.8, 4) is 0 Å². The number of amides is 1. The second-order valence-corrected chi connectivity index (χ2v) is 4.80. The van der Waals surface area contributed by atoms with Gasteiger partial charge in [-0.05, 0) is 18.8 Å². The van der Waals surface area contributed by atoms with E-state index in [9.17, 15) is 14.7 Å². The molecular formula is C12H21NO4. The molecule has 0 aromatic heterocycles. The second-order valence-electron chi connectivity index (χ2n) is 4.80. The molecule has 1 rings (SSSR count). The molecule has 1 saturated heterocycles. The van der Waals surface area contributed by atoms with Gasteiger partial charge in [-0.3, -0.25) is 4.79 Å². The third kappa shape index (κ3) is 3.43. The molecule has 1 N–H and O–H groups in total. The van der Waals surface area contributed by atoms with Crippen LogP contribution in [0.25, 0.3) is 0 Å². The van der Waals surface area contributed by atoms with Crippen LogP contribution in [0.5, 0.6) is 0 Å². The lowest BCUT2D eigenvalue weighted by molar-refractivity contribution is -0.155. The number of aliphatic carboxylic acids is 1. The summed E-state index contributed by atoms with van der Waals surface area (Å²) in [6, 6.07) is -0.750. The molecule has 5 heteroatoms. The van der Waals surface area contributed by atoms with E-state index < -0.39 is 12.0 Å². The quantitative estimate of drug-likeness (QED) is 0.803. The van der Waals surface area contributed by atoms with Crippen LogP contribution in [-0.2, 0) is 14.3 Å². The molecule has 0 aromatic carbocycles. The van der Waals surface area contributed by atoms with Gasteiger partial charge < -0.3 is 14.7 Å². The van der Waals surface area contributed by atoms with E-state index in [1.54, 1.807) is 0 Å². The van der Waals surface area contributed by atoms with Crippen molar-refractivity contribution in [2.45, 2.75) is 45.7 Å². The molecule has 0 spiro atoms. The molecule has 17 heavy (non-hydrogen) atoms. The molecule has 98 valence electrons. The van der Waals surface area contributed by atoms with Gasteiger partial charge in [0, 0.05) is 26.2 Å². The summed E-state index contributed by atoms with van der Waals surface area (Å²) in [4.78, 5) is 24.5. The van der Waals surface area contributed by atoms with E-state index in [1.165, 1.54) is 11.8 Å². The minimum atomic E-state index is -0.929. The number of hydrogen-bond donors (Lipinski definition) is 1. The van der Waals surface area contributed by atoms with Crippen molar-refractivity contribution >= 4 is 11.9 Å². The van der Waals surface area contributed by atoms with Gasteiger partial charge in [-0.15, -0.1) is 0 Å². The van der Waals surface area contributed by atoms with Crippen molar-refractivity contribution in [2.24, 2.45) is 5.92 Å². The highest BCUT2D eigenvalue weighted by atomic mass is 16.5. The van der Waals surface area contributed by atoms with E-state index in [0.29, 0.717) is 13.2 Å². The summed E-state index contributed by atoms with van der Waals surface area (Å²) in [6.07, 6.45) is 1.44. The molecule has 1 amide bonds. The molecular weight excluding hydrogens is 222 g/mol. The highest BCUT2D eigenvalue weighted by molar-refractivity contribution is 5.82. The second kappa shape index (κ2) is 6.00. The Kier molecular flexibility index (Phi) is 4.93. The highest BCUT2D eigenvalue weighted by Crippen LogP contribution is 2.21. The van der Waals surface area contributed by atoms with Gasteiger partial charge in [0.2, 0.25) is 5.91 Å². The lowest BCUT2D eigenvalue weighted by Gasteiger charge is -2.39. The molecule has 0 radical (unpaired) electrons. The van der Waals surface area contributed by atoms with E-state index in [-0.39, 0.29) is 17.9 Å². The first-order valence-electron chi connectivity index (χ1n) is 6.04. The lowest BCUT2D eigenvalue weighted by Crippen LogP contribution is -2.53. The van der Waals surface area contributed by atoms with Gasteiger partial charge in [0.25, 0.3) is 0 Å². The van der Waals surface area contributed by atoms with Crippen LogP contribution >= 0.6 is 0 Å². The fourth-order valence-corrected chi connectivity index (χ4v) is 2.37. The maximum Gasteiger partial charge on any atom is 0.326 e. The molecule has 1 aliphatic rings. The van der Waals surface area contributed by atoms with Crippen LogP contribution in [0.4, 0.5) is 0 Å². The zero-order valence-electron chi connectivity index (χ0n) is 10.7. The first-order chi connectivity index (χ1) is 7.95. The van der Waals surface area contributed by atoms with Crippen LogP contribution in [0.2, 0.25) is 0 Å². The lowest BCUT2D eigenvalue weighted by atomic mass is 9.97. The molecule has 0 saturated carbocycles. The third-order valence-electron chi connectivity index (χ3n) is 3.13. The fraction of sp³-hybridized carbons (Fsp3) is 0.833. The molecule has 0 bridgehead atoms. The molecule has 0 aliphatic carbocycles. The average molecular weight is 243 g/mol. The van der Waals surface area contributed by atoms with Crippen LogP contribution in [0.1, 0.15) is 33.6 Å². The highest BCUT2D eigenvalue weighted by Gasteiger charge is 2.36. The molecule has 5 nitrogen and oxygen atoms in total. The number of carbonyl (C=O) groups is 2. The van der Waals surface area contributed by atoms with Gasteiger partial charge in [0.05, 0.1) is 0 Å². The van der Waals surface area contributed by atoms with E-state index in [0.717, 1.165) is 12.8 Å². The van der Waals surface area contributed by atoms with Crippen LogP contribution < -0.4 is 0 Å². The molecule has 1 unspecified atom stereocenters. The van der Waals surface area contributed by atoms with E-state index in [2.05, 4.69) is 0 Å². The Hall–Kier alpha value is -1.10. The topological polar surface area (TPSA) is 66.8 Å². The predicted molar refractivity (Wildman–Crippen MR) is 62.6 cm³/mol. The third-order valence-corrected chi connectivity index (χ3v) is 3.13. The average Bonchev–Trinajstić information content (AvgIpc) is 2.25. The number of rotatable bonds is 4. The van der Waals surface area contributed by atoms with Crippen LogP contribution in [-0.4, -0.2) is 47.2 Å². The number of carboxylic acid groups (broad SMARTS) is 1. The number of hydrogen-bond acceptors (Lipinski definition) is 3. The van der Waals surface area contributed by atoms with Gasteiger partial charge in [-0.1, -0.05) is 13.8 Å². The van der Waals surface area contributed by atoms with Gasteiger partial charge >= 0.3 is 5.97 Å². The number of nitrogens with zero attached hydrogens (tertiary/aromatic N) is 1. The van der Waals surface area contributed by atoms with Crippen molar-refractivity contribution in [2.75, 3.05) is 13.2 Å². The Morgan fingerprint density at radius 3 is 2.18 bits per heavy atom. The Morgan fingerprint density at radius 2 is 1.82 bits per heavy atom. The smallest absolute Gasteiger partial charge is 0.326 e. The van der Waals surface area contributed by atoms with Crippen LogP contribution in [0.15, 0.2) is 0 Å². The van der Waals surface area contributed by atoms with Crippen LogP contribution in [0.3, 0.4) is 0 Å². The summed E-state index contributed by atoms with van der Waals surface area (Å²) >= 11 is 0. The number of carbonyl (C=O) groups excluding carboxylic acids is 1. The zero-order valence-corrected chi connectivity index (χ0v) is 10.7. The first kappa shape index (κ1) is 14.0. The SMILES string of the molecule is CC(=O)N(C1CCOCC1)C(C(=O)O)C(C)C. The summed E-state index contributed by atoms with van der Waals surface area (Å²) in [5, 5.41) is 9.27. The van der Waals surface area contributed by atoms with Crippen molar-refractivity contribution < 1.29 is 19.4 Å². The molecule has 1 heterocycles. The molecule has 1 aliphatic heterocycles. The predicted octanol–water partition coefficient (Wildman–Crippen LogP) is 1.12. The standard InChI is InChI=1S/C12H21NO4/c1-8(2)11(12(15)16)13(9(3)14)10-4-6-17-7-5-10/h8,10-11H,4-7H2,1-3H3,(H,15,16). The number of carboxylic acids is 1. The van der Waals surface area contributed by atoms with Crippen molar-refractivity contribution in [1.82, 2.24) is 4.90 Å². The van der Waals surface area contributed by atoms with Crippen molar-refractivity contribution in [1.29, 1.82) is 0 Å². The fourth-order valence-electron chi connectivity index (χ4n) is 2.37. The van der Waals surface area contributed by atoms with Gasteiger partial charge in [0.15, 0.2) is 0 Å². The van der Waals surface area contributed by atoms with E-state index >= 15 is 0 Å².